The molecule has 0 bridgehead atoms. The fourth-order valence-corrected chi connectivity index (χ4v) is 1.38. The van der Waals surface area contributed by atoms with Crippen LogP contribution in [0.3, 0.4) is 0 Å². The van der Waals surface area contributed by atoms with Crippen LogP contribution < -0.4 is 0 Å². The van der Waals surface area contributed by atoms with E-state index in [1.54, 1.807) is 0 Å². The van der Waals surface area contributed by atoms with Crippen LogP contribution in [-0.2, 0) is 4.74 Å². The minimum absolute atomic E-state index is 0. The molecule has 122 valence electrons. The van der Waals surface area contributed by atoms with Crippen molar-refractivity contribution in [2.24, 2.45) is 0 Å². The van der Waals surface area contributed by atoms with E-state index in [0.717, 1.165) is 12.2 Å². The van der Waals surface area contributed by atoms with Crippen LogP contribution in [0.15, 0.2) is 53.5 Å². The molecule has 0 aliphatic carbocycles. The quantitative estimate of drug-likeness (QED) is 0.308. The summed E-state index contributed by atoms with van der Waals surface area (Å²) in [4.78, 5) is 0. The van der Waals surface area contributed by atoms with Gasteiger partial charge in [-0.05, 0) is 53.5 Å². The Labute approximate surface area is 133 Å². The van der Waals surface area contributed by atoms with Crippen molar-refractivity contribution in [2.75, 3.05) is 0 Å². The molecule has 0 saturated heterocycles. The van der Waals surface area contributed by atoms with Gasteiger partial charge in [0.2, 0.25) is 0 Å². The van der Waals surface area contributed by atoms with Crippen LogP contribution in [-0.4, -0.2) is 5.60 Å². The van der Waals surface area contributed by atoms with Crippen molar-refractivity contribution in [1.29, 1.82) is 0 Å². The summed E-state index contributed by atoms with van der Waals surface area (Å²) in [5.41, 5.74) is 6.38. The van der Waals surface area contributed by atoms with Crippen LogP contribution in [0.25, 0.3) is 0 Å². The smallest absolute Gasteiger partial charge is 0.135 e. The molecule has 0 fully saturated rings. The molecule has 0 rings (SSSR count). The summed E-state index contributed by atoms with van der Waals surface area (Å²) >= 11 is 0. The number of ether oxygens (including phenoxy) is 1. The average molecular weight is 293 g/mol. The third kappa shape index (κ3) is 16.5. The third-order valence-electron chi connectivity index (χ3n) is 2.49. The lowest BCUT2D eigenvalue weighted by Crippen LogP contribution is -2.17. The van der Waals surface area contributed by atoms with Crippen molar-refractivity contribution < 1.29 is 4.74 Å². The van der Waals surface area contributed by atoms with Crippen LogP contribution in [0.2, 0.25) is 0 Å². The summed E-state index contributed by atoms with van der Waals surface area (Å²) in [6.07, 6.45) is 5.38. The zero-order chi connectivity index (χ0) is 16.3. The van der Waals surface area contributed by atoms with Crippen molar-refractivity contribution in [3.8, 4) is 0 Å². The van der Waals surface area contributed by atoms with Crippen molar-refractivity contribution in [1.82, 2.24) is 0 Å². The van der Waals surface area contributed by atoms with E-state index in [2.05, 4.69) is 58.7 Å². The molecule has 0 aromatic carbocycles. The standard InChI is InChI=1S/C11H18.C8H14O.CH4/c1-6-10(5)8-11(7-2)9(3)4;1-6-7(2)9-8(3,4)5;/h6,8H,3,7H2,1-2,4-5H3;1H2,2-5H3;1H4/b10-6-,11-8-;;. The van der Waals surface area contributed by atoms with Crippen LogP contribution in [0.5, 0.6) is 0 Å². The second-order valence-electron chi connectivity index (χ2n) is 5.78. The van der Waals surface area contributed by atoms with Gasteiger partial charge < -0.3 is 4.74 Å². The van der Waals surface area contributed by atoms with Gasteiger partial charge in [0.15, 0.2) is 0 Å². The van der Waals surface area contributed by atoms with E-state index in [0.29, 0.717) is 0 Å². The molecule has 0 aromatic heterocycles. The zero-order valence-corrected chi connectivity index (χ0v) is 14.7. The third-order valence-corrected chi connectivity index (χ3v) is 2.49. The van der Waals surface area contributed by atoms with Crippen molar-refractivity contribution in [2.45, 2.75) is 74.8 Å². The number of allylic oxidation sites excluding steroid dienone is 6. The molecule has 0 saturated carbocycles. The van der Waals surface area contributed by atoms with Crippen LogP contribution in [0, 0.1) is 0 Å². The van der Waals surface area contributed by atoms with Gasteiger partial charge in [0.1, 0.15) is 11.4 Å². The van der Waals surface area contributed by atoms with E-state index in [-0.39, 0.29) is 13.0 Å². The number of hydrogen-bond donors (Lipinski definition) is 0. The molecule has 0 amide bonds. The summed E-state index contributed by atoms with van der Waals surface area (Å²) in [7, 11) is 0. The van der Waals surface area contributed by atoms with E-state index in [1.807, 2.05) is 27.7 Å². The van der Waals surface area contributed by atoms with Crippen LogP contribution in [0.4, 0.5) is 0 Å². The molecule has 1 heteroatoms. The summed E-state index contributed by atoms with van der Waals surface area (Å²) in [5.74, 6) is 0.752. The maximum Gasteiger partial charge on any atom is 0.135 e. The van der Waals surface area contributed by atoms with Crippen LogP contribution >= 0.6 is 0 Å². The first-order valence-corrected chi connectivity index (χ1v) is 7.12. The Morgan fingerprint density at radius 3 is 1.86 bits per heavy atom. The molecule has 0 N–H and O–H groups in total. The number of hydrogen-bond acceptors (Lipinski definition) is 1. The molecule has 0 aromatic rings. The fourth-order valence-electron chi connectivity index (χ4n) is 1.38. The molecule has 1 nitrogen and oxygen atoms in total. The Morgan fingerprint density at radius 1 is 1.19 bits per heavy atom. The lowest BCUT2D eigenvalue weighted by Gasteiger charge is -2.20. The molecule has 0 heterocycles. The average Bonchev–Trinajstić information content (AvgIpc) is 2.33. The maximum absolute atomic E-state index is 5.33. The maximum atomic E-state index is 5.33. The number of rotatable bonds is 4. The van der Waals surface area contributed by atoms with Gasteiger partial charge in [0, 0.05) is 6.92 Å². The topological polar surface area (TPSA) is 9.23 Å². The Kier molecular flexibility index (Phi) is 14.4. The molecule has 0 atom stereocenters. The fraction of sp³-hybridized carbons (Fsp3) is 0.550. The summed E-state index contributed by atoms with van der Waals surface area (Å²) < 4.78 is 5.33. The Bertz CT molecular complexity index is 408. The molecule has 0 radical (unpaired) electrons. The Morgan fingerprint density at radius 2 is 1.67 bits per heavy atom. The Balaban J connectivity index is -0.000000300. The predicted octanol–water partition coefficient (Wildman–Crippen LogP) is 6.99. The van der Waals surface area contributed by atoms with E-state index in [1.165, 1.54) is 16.7 Å². The summed E-state index contributed by atoms with van der Waals surface area (Å²) in [5, 5.41) is 0. The Hall–Kier alpha value is -1.46. The first-order valence-electron chi connectivity index (χ1n) is 7.12. The van der Waals surface area contributed by atoms with Gasteiger partial charge in [-0.3, -0.25) is 0 Å². The lowest BCUT2D eigenvalue weighted by molar-refractivity contribution is 0.0540. The summed E-state index contributed by atoms with van der Waals surface area (Å²) in [6, 6.07) is 0. The van der Waals surface area contributed by atoms with Crippen molar-refractivity contribution >= 4 is 0 Å². The minimum Gasteiger partial charge on any atom is -0.485 e. The molecule has 0 unspecified atom stereocenters. The van der Waals surface area contributed by atoms with Crippen molar-refractivity contribution in [3.63, 3.8) is 0 Å². The van der Waals surface area contributed by atoms with E-state index >= 15 is 0 Å². The lowest BCUT2D eigenvalue weighted by atomic mass is 10.0. The summed E-state index contributed by atoms with van der Waals surface area (Å²) in [6.45, 7) is 23.6. The minimum atomic E-state index is -0.116. The van der Waals surface area contributed by atoms with Gasteiger partial charge in [-0.25, -0.2) is 0 Å². The first kappa shape index (κ1) is 24.6. The second kappa shape index (κ2) is 12.3. The molecule has 0 aliphatic heterocycles. The highest BCUT2D eigenvalue weighted by Gasteiger charge is 2.09. The van der Waals surface area contributed by atoms with Gasteiger partial charge in [0.25, 0.3) is 0 Å². The van der Waals surface area contributed by atoms with E-state index in [4.69, 9.17) is 4.74 Å². The normalized spacial score (nSPS) is 11.4. The molecule has 0 spiro atoms. The zero-order valence-electron chi connectivity index (χ0n) is 14.7. The highest BCUT2D eigenvalue weighted by atomic mass is 16.5. The second-order valence-corrected chi connectivity index (χ2v) is 5.78. The highest BCUT2D eigenvalue weighted by Crippen LogP contribution is 2.13. The van der Waals surface area contributed by atoms with Gasteiger partial charge in [-0.15, -0.1) is 0 Å². The molecule has 0 aliphatic rings. The van der Waals surface area contributed by atoms with Crippen molar-refractivity contribution in [3.05, 3.63) is 53.5 Å². The van der Waals surface area contributed by atoms with Gasteiger partial charge >= 0.3 is 0 Å². The first-order chi connectivity index (χ1) is 9.07. The van der Waals surface area contributed by atoms with Gasteiger partial charge in [-0.2, -0.15) is 0 Å². The van der Waals surface area contributed by atoms with E-state index < -0.39 is 0 Å². The SMILES string of the molecule is C.C=C(C)/C(=C\C(C)=C/C)CC.C=C=C(C)OC(C)(C)C. The van der Waals surface area contributed by atoms with Gasteiger partial charge in [-0.1, -0.05) is 56.5 Å². The predicted molar refractivity (Wildman–Crippen MR) is 98.5 cm³/mol. The highest BCUT2D eigenvalue weighted by molar-refractivity contribution is 5.33. The molecule has 21 heavy (non-hydrogen) atoms. The van der Waals surface area contributed by atoms with E-state index in [9.17, 15) is 0 Å². The van der Waals surface area contributed by atoms with Gasteiger partial charge in [0.05, 0.1) is 0 Å². The monoisotopic (exact) mass is 292 g/mol. The molecular formula is C20H36O. The molecular weight excluding hydrogens is 256 g/mol. The largest absolute Gasteiger partial charge is 0.485 e. The van der Waals surface area contributed by atoms with Crippen LogP contribution in [0.1, 0.15) is 69.2 Å².